The minimum atomic E-state index is -0.989. The van der Waals surface area contributed by atoms with Crippen molar-refractivity contribution >= 4 is 23.6 Å². The highest BCUT2D eigenvalue weighted by molar-refractivity contribution is 8.01. The van der Waals surface area contributed by atoms with Gasteiger partial charge >= 0.3 is 0 Å². The van der Waals surface area contributed by atoms with E-state index in [1.54, 1.807) is 9.80 Å². The number of ether oxygens (including phenoxy) is 2. The summed E-state index contributed by atoms with van der Waals surface area (Å²) in [5, 5.41) is -0.701. The van der Waals surface area contributed by atoms with Crippen LogP contribution in [0.5, 0.6) is 0 Å². The SMILES string of the molecule is O=C(C(Sc1nc(-c2ccccc2)c(-c2ccccc2)o1)C(=O)N1CCOCC1)N1CCOCC1. The molecule has 0 atom stereocenters. The Bertz CT molecular complexity index is 1060. The van der Waals surface area contributed by atoms with E-state index in [1.165, 1.54) is 0 Å². The third-order valence-corrected chi connectivity index (χ3v) is 7.02. The van der Waals surface area contributed by atoms with Crippen LogP contribution < -0.4 is 0 Å². The van der Waals surface area contributed by atoms with Gasteiger partial charge in [-0.15, -0.1) is 0 Å². The fourth-order valence-electron chi connectivity index (χ4n) is 4.13. The summed E-state index contributed by atoms with van der Waals surface area (Å²) in [6, 6.07) is 19.5. The number of rotatable bonds is 6. The van der Waals surface area contributed by atoms with E-state index in [0.29, 0.717) is 64.1 Å². The Balaban J connectivity index is 1.49. The molecule has 0 radical (unpaired) electrons. The van der Waals surface area contributed by atoms with Crippen molar-refractivity contribution in [2.24, 2.45) is 0 Å². The van der Waals surface area contributed by atoms with Gasteiger partial charge in [-0.25, -0.2) is 4.98 Å². The van der Waals surface area contributed by atoms with E-state index < -0.39 is 5.25 Å². The molecule has 2 aliphatic heterocycles. The van der Waals surface area contributed by atoms with Gasteiger partial charge in [0.15, 0.2) is 11.0 Å². The summed E-state index contributed by atoms with van der Waals surface area (Å²) in [6.45, 7) is 3.69. The molecule has 2 aromatic carbocycles. The summed E-state index contributed by atoms with van der Waals surface area (Å²) in [7, 11) is 0. The predicted molar refractivity (Wildman–Crippen MR) is 132 cm³/mol. The second-order valence-electron chi connectivity index (χ2n) is 8.26. The lowest BCUT2D eigenvalue weighted by Crippen LogP contribution is -2.52. The molecule has 3 heterocycles. The summed E-state index contributed by atoms with van der Waals surface area (Å²) in [5.74, 6) is 0.127. The molecule has 0 spiro atoms. The van der Waals surface area contributed by atoms with Gasteiger partial charge in [-0.05, 0) is 11.8 Å². The van der Waals surface area contributed by atoms with Crippen LogP contribution in [-0.4, -0.2) is 84.5 Å². The van der Waals surface area contributed by atoms with Crippen LogP contribution in [0, 0.1) is 0 Å². The van der Waals surface area contributed by atoms with E-state index in [9.17, 15) is 9.59 Å². The van der Waals surface area contributed by atoms with Crippen molar-refractivity contribution in [1.82, 2.24) is 14.8 Å². The van der Waals surface area contributed by atoms with Crippen molar-refractivity contribution in [2.45, 2.75) is 10.5 Å². The van der Waals surface area contributed by atoms with Gasteiger partial charge < -0.3 is 23.7 Å². The Hall–Kier alpha value is -3.14. The number of oxazole rings is 1. The van der Waals surface area contributed by atoms with Crippen LogP contribution in [0.3, 0.4) is 0 Å². The molecule has 35 heavy (non-hydrogen) atoms. The first-order chi connectivity index (χ1) is 17.2. The van der Waals surface area contributed by atoms with Gasteiger partial charge in [0.1, 0.15) is 5.69 Å². The monoisotopic (exact) mass is 493 g/mol. The molecule has 8 nitrogen and oxygen atoms in total. The van der Waals surface area contributed by atoms with Crippen LogP contribution in [-0.2, 0) is 19.1 Å². The Morgan fingerprint density at radius 1 is 0.743 bits per heavy atom. The second-order valence-corrected chi connectivity index (χ2v) is 9.32. The van der Waals surface area contributed by atoms with Crippen molar-refractivity contribution < 1.29 is 23.5 Å². The van der Waals surface area contributed by atoms with Crippen LogP contribution >= 0.6 is 11.8 Å². The summed E-state index contributed by atoms with van der Waals surface area (Å²) < 4.78 is 17.0. The molecule has 1 aromatic heterocycles. The zero-order valence-corrected chi connectivity index (χ0v) is 20.1. The number of benzene rings is 2. The first-order valence-corrected chi connectivity index (χ1v) is 12.6. The van der Waals surface area contributed by atoms with Crippen LogP contribution in [0.1, 0.15) is 0 Å². The lowest BCUT2D eigenvalue weighted by Gasteiger charge is -2.33. The zero-order valence-electron chi connectivity index (χ0n) is 19.3. The minimum absolute atomic E-state index is 0.240. The number of hydrogen-bond donors (Lipinski definition) is 0. The standard InChI is InChI=1S/C26H27N3O5S/c30-24(28-11-15-32-16-12-28)23(25(31)29-13-17-33-18-14-29)35-26-27-21(19-7-3-1-4-8-19)22(34-26)20-9-5-2-6-10-20/h1-10,23H,11-18H2. The molecule has 5 rings (SSSR count). The second kappa shape index (κ2) is 11.1. The Morgan fingerprint density at radius 2 is 1.23 bits per heavy atom. The zero-order chi connectivity index (χ0) is 24.0. The fourth-order valence-corrected chi connectivity index (χ4v) is 5.11. The van der Waals surface area contributed by atoms with Gasteiger partial charge in [-0.1, -0.05) is 60.7 Å². The van der Waals surface area contributed by atoms with Crippen molar-refractivity contribution in [3.63, 3.8) is 0 Å². The van der Waals surface area contributed by atoms with E-state index >= 15 is 0 Å². The van der Waals surface area contributed by atoms with Gasteiger partial charge in [0.25, 0.3) is 5.22 Å². The number of carbonyl (C=O) groups excluding carboxylic acids is 2. The number of nitrogens with zero attached hydrogens (tertiary/aromatic N) is 3. The topological polar surface area (TPSA) is 85.1 Å². The van der Waals surface area contributed by atoms with E-state index in [0.717, 1.165) is 22.9 Å². The Labute approximate surface area is 208 Å². The largest absolute Gasteiger partial charge is 0.431 e. The highest BCUT2D eigenvalue weighted by atomic mass is 32.2. The molecule has 182 valence electrons. The van der Waals surface area contributed by atoms with Crippen molar-refractivity contribution in [1.29, 1.82) is 0 Å². The summed E-state index contributed by atoms with van der Waals surface area (Å²) in [5.41, 5.74) is 2.45. The smallest absolute Gasteiger partial charge is 0.258 e. The maximum Gasteiger partial charge on any atom is 0.258 e. The molecule has 0 unspecified atom stereocenters. The third kappa shape index (κ3) is 5.42. The normalized spacial score (nSPS) is 16.5. The van der Waals surface area contributed by atoms with Gasteiger partial charge in [0.05, 0.1) is 26.4 Å². The molecule has 0 bridgehead atoms. The molecular weight excluding hydrogens is 466 g/mol. The number of aromatic nitrogens is 1. The van der Waals surface area contributed by atoms with Crippen molar-refractivity contribution in [3.05, 3.63) is 60.7 Å². The third-order valence-electron chi connectivity index (χ3n) is 6.00. The number of carbonyl (C=O) groups is 2. The van der Waals surface area contributed by atoms with Crippen molar-refractivity contribution in [3.8, 4) is 22.6 Å². The average molecular weight is 494 g/mol. The molecule has 0 N–H and O–H groups in total. The first kappa shape index (κ1) is 23.6. The summed E-state index contributed by atoms with van der Waals surface area (Å²) in [6.07, 6.45) is 0. The summed E-state index contributed by atoms with van der Waals surface area (Å²) in [4.78, 5) is 35.2. The maximum atomic E-state index is 13.5. The quantitative estimate of drug-likeness (QED) is 0.385. The molecule has 0 aliphatic carbocycles. The average Bonchev–Trinajstić information content (AvgIpc) is 3.37. The predicted octanol–water partition coefficient (Wildman–Crippen LogP) is 3.19. The number of thioether (sulfide) groups is 1. The summed E-state index contributed by atoms with van der Waals surface area (Å²) >= 11 is 1.07. The van der Waals surface area contributed by atoms with Crippen LogP contribution in [0.2, 0.25) is 0 Å². The van der Waals surface area contributed by atoms with Crippen LogP contribution in [0.15, 0.2) is 70.3 Å². The maximum absolute atomic E-state index is 13.5. The van der Waals surface area contributed by atoms with Crippen molar-refractivity contribution in [2.75, 3.05) is 52.6 Å². The highest BCUT2D eigenvalue weighted by Gasteiger charge is 2.37. The Kier molecular flexibility index (Phi) is 7.46. The van der Waals surface area contributed by atoms with Gasteiger partial charge in [0, 0.05) is 37.3 Å². The van der Waals surface area contributed by atoms with Crippen LogP contribution in [0.25, 0.3) is 22.6 Å². The van der Waals surface area contributed by atoms with Gasteiger partial charge in [0.2, 0.25) is 11.8 Å². The molecular formula is C26H27N3O5S. The molecule has 2 aliphatic rings. The fraction of sp³-hybridized carbons (Fsp3) is 0.346. The lowest BCUT2D eigenvalue weighted by atomic mass is 10.1. The minimum Gasteiger partial charge on any atom is -0.431 e. The van der Waals surface area contributed by atoms with E-state index in [2.05, 4.69) is 0 Å². The van der Waals surface area contributed by atoms with Crippen LogP contribution in [0.4, 0.5) is 0 Å². The highest BCUT2D eigenvalue weighted by Crippen LogP contribution is 2.37. The van der Waals surface area contributed by atoms with Gasteiger partial charge in [-0.2, -0.15) is 0 Å². The molecule has 2 saturated heterocycles. The van der Waals surface area contributed by atoms with E-state index in [-0.39, 0.29) is 17.0 Å². The molecule has 0 saturated carbocycles. The van der Waals surface area contributed by atoms with Gasteiger partial charge in [-0.3, -0.25) is 9.59 Å². The first-order valence-electron chi connectivity index (χ1n) is 11.7. The van der Waals surface area contributed by atoms with E-state index in [4.69, 9.17) is 18.9 Å². The van der Waals surface area contributed by atoms with E-state index in [1.807, 2.05) is 60.7 Å². The number of hydrogen-bond acceptors (Lipinski definition) is 7. The Morgan fingerprint density at radius 3 is 1.74 bits per heavy atom. The number of morpholine rings is 2. The molecule has 2 fully saturated rings. The number of amides is 2. The molecule has 9 heteroatoms. The lowest BCUT2D eigenvalue weighted by molar-refractivity contribution is -0.144. The molecule has 3 aromatic rings. The molecule has 2 amide bonds.